The van der Waals surface area contributed by atoms with Gasteiger partial charge >= 0.3 is 0 Å². The average Bonchev–Trinajstić information content (AvgIpc) is 2.74. The SMILES string of the molecule is CO[C@@H]1O[C@H]2COC(c3ccccc3)O[C@H]2[C@H](O)[C@H]1OCc1ccccc1. The molecule has 0 radical (unpaired) electrons. The van der Waals surface area contributed by atoms with E-state index in [1.54, 1.807) is 0 Å². The van der Waals surface area contributed by atoms with Gasteiger partial charge in [-0.05, 0) is 5.56 Å². The summed E-state index contributed by atoms with van der Waals surface area (Å²) in [6, 6.07) is 19.4. The normalized spacial score (nSPS) is 33.4. The van der Waals surface area contributed by atoms with Crippen LogP contribution in [0.15, 0.2) is 60.7 Å². The fraction of sp³-hybridized carbons (Fsp3) is 0.429. The second-order valence-electron chi connectivity index (χ2n) is 6.71. The Morgan fingerprint density at radius 1 is 1.00 bits per heavy atom. The van der Waals surface area contributed by atoms with Crippen molar-refractivity contribution >= 4 is 0 Å². The van der Waals surface area contributed by atoms with Crippen LogP contribution in [0.1, 0.15) is 17.4 Å². The van der Waals surface area contributed by atoms with Gasteiger partial charge in [0.05, 0.1) is 13.2 Å². The second kappa shape index (κ2) is 8.48. The molecule has 6 heteroatoms. The molecule has 6 nitrogen and oxygen atoms in total. The van der Waals surface area contributed by atoms with Crippen molar-refractivity contribution in [1.82, 2.24) is 0 Å². The van der Waals surface area contributed by atoms with Crippen molar-refractivity contribution < 1.29 is 28.8 Å². The summed E-state index contributed by atoms with van der Waals surface area (Å²) >= 11 is 0. The Balaban J connectivity index is 1.46. The van der Waals surface area contributed by atoms with Crippen LogP contribution in [-0.4, -0.2) is 49.5 Å². The highest BCUT2D eigenvalue weighted by Crippen LogP contribution is 2.35. The van der Waals surface area contributed by atoms with Crippen molar-refractivity contribution in [2.24, 2.45) is 0 Å². The molecule has 0 bridgehead atoms. The molecular weight excluding hydrogens is 348 g/mol. The third-order valence-corrected chi connectivity index (χ3v) is 4.90. The maximum atomic E-state index is 10.9. The van der Waals surface area contributed by atoms with Gasteiger partial charge in [0, 0.05) is 12.7 Å². The number of hydrogen-bond donors (Lipinski definition) is 1. The molecule has 4 rings (SSSR count). The highest BCUT2D eigenvalue weighted by molar-refractivity contribution is 5.17. The summed E-state index contributed by atoms with van der Waals surface area (Å²) in [7, 11) is 1.54. The first kappa shape index (κ1) is 18.6. The maximum Gasteiger partial charge on any atom is 0.186 e. The predicted molar refractivity (Wildman–Crippen MR) is 96.7 cm³/mol. The monoisotopic (exact) mass is 372 g/mol. The minimum absolute atomic E-state index is 0.312. The smallest absolute Gasteiger partial charge is 0.186 e. The molecule has 2 aromatic rings. The van der Waals surface area contributed by atoms with Crippen LogP contribution >= 0.6 is 0 Å². The molecule has 2 saturated heterocycles. The standard InChI is InChI=1S/C21H24O6/c1-23-21-19(24-12-14-8-4-2-5-9-14)17(22)18-16(26-21)13-25-20(27-18)15-10-6-3-7-11-15/h2-11,16-22H,12-13H2,1H3/t16-,17-,18+,19+,20?,21+/m0/s1. The van der Waals surface area contributed by atoms with Crippen molar-refractivity contribution in [3.8, 4) is 0 Å². The Kier molecular flexibility index (Phi) is 5.83. The van der Waals surface area contributed by atoms with Crippen molar-refractivity contribution in [2.45, 2.75) is 43.6 Å². The Morgan fingerprint density at radius 2 is 1.70 bits per heavy atom. The Bertz CT molecular complexity index is 703. The van der Waals surface area contributed by atoms with Gasteiger partial charge in [-0.2, -0.15) is 0 Å². The van der Waals surface area contributed by atoms with Crippen LogP contribution in [0.25, 0.3) is 0 Å². The Labute approximate surface area is 158 Å². The molecule has 0 amide bonds. The van der Waals surface area contributed by atoms with Gasteiger partial charge in [0.25, 0.3) is 0 Å². The Morgan fingerprint density at radius 3 is 2.41 bits per heavy atom. The molecule has 2 aliphatic rings. The lowest BCUT2D eigenvalue weighted by Gasteiger charge is -2.47. The fourth-order valence-electron chi connectivity index (χ4n) is 3.48. The van der Waals surface area contributed by atoms with Crippen LogP contribution in [0, 0.1) is 0 Å². The molecule has 2 fully saturated rings. The largest absolute Gasteiger partial charge is 0.387 e. The number of aliphatic hydroxyl groups excluding tert-OH is 1. The van der Waals surface area contributed by atoms with E-state index in [1.807, 2.05) is 60.7 Å². The molecule has 2 aromatic carbocycles. The third-order valence-electron chi connectivity index (χ3n) is 4.90. The molecule has 6 atom stereocenters. The lowest BCUT2D eigenvalue weighted by atomic mass is 9.97. The number of methoxy groups -OCH3 is 1. The van der Waals surface area contributed by atoms with Crippen molar-refractivity contribution in [3.63, 3.8) is 0 Å². The van der Waals surface area contributed by atoms with Crippen molar-refractivity contribution in [2.75, 3.05) is 13.7 Å². The van der Waals surface area contributed by atoms with E-state index in [0.29, 0.717) is 13.2 Å². The first-order chi connectivity index (χ1) is 13.3. The zero-order valence-corrected chi connectivity index (χ0v) is 15.1. The fourth-order valence-corrected chi connectivity index (χ4v) is 3.48. The minimum atomic E-state index is -0.896. The number of benzene rings is 2. The van der Waals surface area contributed by atoms with Crippen LogP contribution in [0.4, 0.5) is 0 Å². The molecule has 0 saturated carbocycles. The van der Waals surface area contributed by atoms with E-state index >= 15 is 0 Å². The van der Waals surface area contributed by atoms with Gasteiger partial charge < -0.3 is 28.8 Å². The number of rotatable bonds is 5. The summed E-state index contributed by atoms with van der Waals surface area (Å²) in [4.78, 5) is 0. The first-order valence-corrected chi connectivity index (χ1v) is 9.10. The van der Waals surface area contributed by atoms with E-state index in [0.717, 1.165) is 11.1 Å². The van der Waals surface area contributed by atoms with E-state index in [2.05, 4.69) is 0 Å². The summed E-state index contributed by atoms with van der Waals surface area (Å²) < 4.78 is 29.1. The minimum Gasteiger partial charge on any atom is -0.387 e. The number of ether oxygens (including phenoxy) is 5. The lowest BCUT2D eigenvalue weighted by Crippen LogP contribution is -2.62. The molecule has 1 N–H and O–H groups in total. The topological polar surface area (TPSA) is 66.4 Å². The number of aliphatic hydroxyl groups is 1. The predicted octanol–water partition coefficient (Wildman–Crippen LogP) is 2.42. The molecule has 0 aliphatic carbocycles. The first-order valence-electron chi connectivity index (χ1n) is 9.10. The van der Waals surface area contributed by atoms with E-state index in [4.69, 9.17) is 23.7 Å². The van der Waals surface area contributed by atoms with Gasteiger partial charge in [-0.15, -0.1) is 0 Å². The van der Waals surface area contributed by atoms with Gasteiger partial charge in [0.15, 0.2) is 12.6 Å². The Hall–Kier alpha value is -1.80. The summed E-state index contributed by atoms with van der Waals surface area (Å²) in [6.45, 7) is 0.661. The van der Waals surface area contributed by atoms with E-state index < -0.39 is 37.0 Å². The van der Waals surface area contributed by atoms with E-state index in [9.17, 15) is 5.11 Å². The third kappa shape index (κ3) is 4.06. The molecule has 2 aliphatic heterocycles. The second-order valence-corrected chi connectivity index (χ2v) is 6.71. The van der Waals surface area contributed by atoms with Gasteiger partial charge in [0.1, 0.15) is 24.4 Å². The summed E-state index contributed by atoms with van der Waals surface area (Å²) in [5.74, 6) is 0. The summed E-state index contributed by atoms with van der Waals surface area (Å²) in [5.41, 5.74) is 1.91. The average molecular weight is 372 g/mol. The van der Waals surface area contributed by atoms with Crippen molar-refractivity contribution in [3.05, 3.63) is 71.8 Å². The maximum absolute atomic E-state index is 10.9. The number of hydrogen-bond acceptors (Lipinski definition) is 6. The molecule has 1 unspecified atom stereocenters. The lowest BCUT2D eigenvalue weighted by molar-refractivity contribution is -0.363. The highest BCUT2D eigenvalue weighted by atomic mass is 16.8. The van der Waals surface area contributed by atoms with Crippen LogP contribution in [-0.2, 0) is 30.3 Å². The van der Waals surface area contributed by atoms with Gasteiger partial charge in [-0.1, -0.05) is 60.7 Å². The van der Waals surface area contributed by atoms with Crippen LogP contribution in [0.5, 0.6) is 0 Å². The van der Waals surface area contributed by atoms with Crippen LogP contribution < -0.4 is 0 Å². The molecule has 0 aromatic heterocycles. The molecule has 2 heterocycles. The zero-order valence-electron chi connectivity index (χ0n) is 15.1. The highest BCUT2D eigenvalue weighted by Gasteiger charge is 2.50. The van der Waals surface area contributed by atoms with Gasteiger partial charge in [-0.25, -0.2) is 0 Å². The quantitative estimate of drug-likeness (QED) is 0.870. The van der Waals surface area contributed by atoms with Crippen molar-refractivity contribution in [1.29, 1.82) is 0 Å². The molecule has 0 spiro atoms. The molecule has 27 heavy (non-hydrogen) atoms. The van der Waals surface area contributed by atoms with Crippen LogP contribution in [0.3, 0.4) is 0 Å². The summed E-state index contributed by atoms with van der Waals surface area (Å²) in [5, 5.41) is 10.9. The summed E-state index contributed by atoms with van der Waals surface area (Å²) in [6.07, 6.45) is -3.76. The molecule has 144 valence electrons. The zero-order chi connectivity index (χ0) is 18.6. The number of fused-ring (bicyclic) bond motifs is 1. The van der Waals surface area contributed by atoms with E-state index in [1.165, 1.54) is 7.11 Å². The van der Waals surface area contributed by atoms with E-state index in [-0.39, 0.29) is 0 Å². The molecular formula is C21H24O6. The van der Waals surface area contributed by atoms with Crippen LogP contribution in [0.2, 0.25) is 0 Å². The van der Waals surface area contributed by atoms with Gasteiger partial charge in [-0.3, -0.25) is 0 Å². The van der Waals surface area contributed by atoms with Gasteiger partial charge in [0.2, 0.25) is 0 Å².